The first-order chi connectivity index (χ1) is 14.0. The van der Waals surface area contributed by atoms with Crippen LogP contribution in [0.25, 0.3) is 0 Å². The van der Waals surface area contributed by atoms with Crippen LogP contribution in [0.1, 0.15) is 21.6 Å². The van der Waals surface area contributed by atoms with Crippen LogP contribution in [0, 0.1) is 6.92 Å². The molecule has 150 valence electrons. The Bertz CT molecular complexity index is 1020. The Morgan fingerprint density at radius 3 is 2.55 bits per heavy atom. The van der Waals surface area contributed by atoms with Crippen molar-refractivity contribution in [3.05, 3.63) is 69.9 Å². The lowest BCUT2D eigenvalue weighted by Crippen LogP contribution is -2.49. The first-order valence-electron chi connectivity index (χ1n) is 9.31. The molecule has 7 nitrogen and oxygen atoms in total. The number of rotatable bonds is 4. The fourth-order valence-corrected chi connectivity index (χ4v) is 3.95. The highest BCUT2D eigenvalue weighted by atomic mass is 35.5. The van der Waals surface area contributed by atoms with Crippen LogP contribution in [-0.4, -0.2) is 56.7 Å². The fraction of sp³-hybridized carbons (Fsp3) is 0.300. The molecule has 1 aromatic carbocycles. The molecule has 0 spiro atoms. The van der Waals surface area contributed by atoms with Crippen molar-refractivity contribution in [2.24, 2.45) is 0 Å². The van der Waals surface area contributed by atoms with E-state index in [1.165, 1.54) is 0 Å². The lowest BCUT2D eigenvalue weighted by atomic mass is 10.2. The van der Waals surface area contributed by atoms with Gasteiger partial charge in [0.15, 0.2) is 0 Å². The summed E-state index contributed by atoms with van der Waals surface area (Å²) in [5, 5.41) is 5.46. The third-order valence-electron chi connectivity index (χ3n) is 5.00. The molecular weight excluding hydrogens is 411 g/mol. The van der Waals surface area contributed by atoms with Crippen molar-refractivity contribution in [2.75, 3.05) is 31.1 Å². The van der Waals surface area contributed by atoms with Gasteiger partial charge in [0.25, 0.3) is 5.91 Å². The first kappa shape index (κ1) is 19.7. The van der Waals surface area contributed by atoms with Crippen molar-refractivity contribution >= 4 is 34.9 Å². The molecule has 1 saturated heterocycles. The van der Waals surface area contributed by atoms with Crippen molar-refractivity contribution in [3.63, 3.8) is 0 Å². The second kappa shape index (κ2) is 8.39. The van der Waals surface area contributed by atoms with Gasteiger partial charge in [-0.2, -0.15) is 5.10 Å². The Kier molecular flexibility index (Phi) is 5.69. The van der Waals surface area contributed by atoms with E-state index in [2.05, 4.69) is 20.0 Å². The molecule has 0 N–H and O–H groups in total. The molecule has 0 saturated carbocycles. The van der Waals surface area contributed by atoms with Gasteiger partial charge < -0.3 is 9.80 Å². The number of amides is 1. The Morgan fingerprint density at radius 2 is 1.86 bits per heavy atom. The highest BCUT2D eigenvalue weighted by molar-refractivity contribution is 6.33. The van der Waals surface area contributed by atoms with E-state index < -0.39 is 0 Å². The maximum atomic E-state index is 13.1. The minimum absolute atomic E-state index is 0.100. The number of carbonyl (C=O) groups excluding carboxylic acids is 1. The van der Waals surface area contributed by atoms with E-state index in [9.17, 15) is 4.79 Å². The summed E-state index contributed by atoms with van der Waals surface area (Å²) >= 11 is 12.8. The number of halogens is 2. The van der Waals surface area contributed by atoms with E-state index in [0.717, 1.165) is 11.4 Å². The predicted octanol–water partition coefficient (Wildman–Crippen LogP) is 3.30. The van der Waals surface area contributed by atoms with Gasteiger partial charge in [0, 0.05) is 43.6 Å². The molecule has 1 amide bonds. The number of aryl methyl sites for hydroxylation is 1. The van der Waals surface area contributed by atoms with Crippen LogP contribution >= 0.6 is 23.2 Å². The molecule has 0 unspecified atom stereocenters. The highest BCUT2D eigenvalue weighted by Crippen LogP contribution is 2.25. The Morgan fingerprint density at radius 1 is 1.10 bits per heavy atom. The maximum Gasteiger partial charge on any atom is 0.259 e. The van der Waals surface area contributed by atoms with Crippen molar-refractivity contribution in [1.29, 1.82) is 0 Å². The Labute approximate surface area is 178 Å². The van der Waals surface area contributed by atoms with Crippen LogP contribution in [-0.2, 0) is 6.54 Å². The molecule has 3 heterocycles. The van der Waals surface area contributed by atoms with Crippen LogP contribution in [0.4, 0.5) is 5.82 Å². The van der Waals surface area contributed by atoms with Crippen LogP contribution in [0.15, 0.2) is 42.9 Å². The molecule has 4 rings (SSSR count). The highest BCUT2D eigenvalue weighted by Gasteiger charge is 2.28. The quantitative estimate of drug-likeness (QED) is 0.634. The number of anilines is 1. The summed E-state index contributed by atoms with van der Waals surface area (Å²) in [4.78, 5) is 25.5. The zero-order chi connectivity index (χ0) is 20.4. The zero-order valence-electron chi connectivity index (χ0n) is 15.9. The summed E-state index contributed by atoms with van der Waals surface area (Å²) in [7, 11) is 0. The van der Waals surface area contributed by atoms with Crippen molar-refractivity contribution in [2.45, 2.75) is 13.5 Å². The smallest absolute Gasteiger partial charge is 0.259 e. The molecule has 0 aliphatic carbocycles. The lowest BCUT2D eigenvalue weighted by molar-refractivity contribution is 0.0746. The minimum Gasteiger partial charge on any atom is -0.352 e. The molecule has 3 aromatic rings. The van der Waals surface area contributed by atoms with E-state index in [-0.39, 0.29) is 5.91 Å². The maximum absolute atomic E-state index is 13.1. The minimum atomic E-state index is -0.100. The standard InChI is InChI=1S/C20H20Cl2N6O/c1-14-18(19(22)28(25-14)13-15-4-2-3-5-16(15)21)20(29)27-10-8-26(9-11-27)17-12-23-6-7-24-17/h2-7,12H,8-11,13H2,1H3. The van der Waals surface area contributed by atoms with Gasteiger partial charge in [-0.05, 0) is 18.6 Å². The summed E-state index contributed by atoms with van der Waals surface area (Å²) in [6.07, 6.45) is 5.05. The fourth-order valence-electron chi connectivity index (χ4n) is 3.44. The molecule has 9 heteroatoms. The average molecular weight is 431 g/mol. The third-order valence-corrected chi connectivity index (χ3v) is 5.75. The van der Waals surface area contributed by atoms with Gasteiger partial charge in [-0.3, -0.25) is 9.78 Å². The summed E-state index contributed by atoms with van der Waals surface area (Å²) < 4.78 is 1.63. The van der Waals surface area contributed by atoms with Crippen LogP contribution in [0.2, 0.25) is 10.2 Å². The van der Waals surface area contributed by atoms with Gasteiger partial charge in [-0.15, -0.1) is 0 Å². The summed E-state index contributed by atoms with van der Waals surface area (Å²) in [6.45, 7) is 4.76. The van der Waals surface area contributed by atoms with Gasteiger partial charge in [-0.25, -0.2) is 9.67 Å². The molecular formula is C20H20Cl2N6O. The third kappa shape index (κ3) is 4.06. The van der Waals surface area contributed by atoms with Gasteiger partial charge in [0.2, 0.25) is 0 Å². The lowest BCUT2D eigenvalue weighted by Gasteiger charge is -2.35. The summed E-state index contributed by atoms with van der Waals surface area (Å²) in [5.41, 5.74) is 1.96. The normalized spacial score (nSPS) is 14.3. The van der Waals surface area contributed by atoms with Gasteiger partial charge in [-0.1, -0.05) is 41.4 Å². The SMILES string of the molecule is Cc1nn(Cc2ccccc2Cl)c(Cl)c1C(=O)N1CCN(c2cnccn2)CC1. The van der Waals surface area contributed by atoms with E-state index in [0.29, 0.717) is 54.2 Å². The predicted molar refractivity (Wildman–Crippen MR) is 113 cm³/mol. The van der Waals surface area contributed by atoms with Crippen LogP contribution in [0.3, 0.4) is 0 Å². The number of aromatic nitrogens is 4. The largest absolute Gasteiger partial charge is 0.352 e. The molecule has 2 aromatic heterocycles. The first-order valence-corrected chi connectivity index (χ1v) is 10.1. The molecule has 0 bridgehead atoms. The Hall–Kier alpha value is -2.64. The molecule has 1 aliphatic heterocycles. The van der Waals surface area contributed by atoms with E-state index in [4.69, 9.17) is 23.2 Å². The van der Waals surface area contributed by atoms with Crippen LogP contribution in [0.5, 0.6) is 0 Å². The van der Waals surface area contributed by atoms with Crippen molar-refractivity contribution in [3.8, 4) is 0 Å². The average Bonchev–Trinajstić information content (AvgIpc) is 3.03. The second-order valence-electron chi connectivity index (χ2n) is 6.84. The summed E-state index contributed by atoms with van der Waals surface area (Å²) in [6, 6.07) is 7.53. The second-order valence-corrected chi connectivity index (χ2v) is 7.61. The Balaban J connectivity index is 1.48. The molecule has 0 atom stereocenters. The summed E-state index contributed by atoms with van der Waals surface area (Å²) in [5.74, 6) is 0.720. The number of nitrogens with zero attached hydrogens (tertiary/aromatic N) is 6. The van der Waals surface area contributed by atoms with E-state index in [1.54, 1.807) is 30.2 Å². The molecule has 29 heavy (non-hydrogen) atoms. The number of carbonyl (C=O) groups is 1. The number of piperazine rings is 1. The topological polar surface area (TPSA) is 67.2 Å². The van der Waals surface area contributed by atoms with Crippen molar-refractivity contribution < 1.29 is 4.79 Å². The monoisotopic (exact) mass is 430 g/mol. The number of hydrogen-bond donors (Lipinski definition) is 0. The number of hydrogen-bond acceptors (Lipinski definition) is 5. The molecule has 1 aliphatic rings. The van der Waals surface area contributed by atoms with E-state index >= 15 is 0 Å². The van der Waals surface area contributed by atoms with Gasteiger partial charge in [0.1, 0.15) is 11.0 Å². The zero-order valence-corrected chi connectivity index (χ0v) is 17.4. The van der Waals surface area contributed by atoms with Gasteiger partial charge >= 0.3 is 0 Å². The van der Waals surface area contributed by atoms with E-state index in [1.807, 2.05) is 29.2 Å². The van der Waals surface area contributed by atoms with Crippen LogP contribution < -0.4 is 4.90 Å². The number of benzene rings is 1. The van der Waals surface area contributed by atoms with Crippen molar-refractivity contribution in [1.82, 2.24) is 24.6 Å². The molecule has 1 fully saturated rings. The van der Waals surface area contributed by atoms with Gasteiger partial charge in [0.05, 0.1) is 24.0 Å². The molecule has 0 radical (unpaired) electrons.